The number of carboxylic acids is 1. The molecule has 1 aromatic rings. The first-order valence-corrected chi connectivity index (χ1v) is 9.83. The van der Waals surface area contributed by atoms with Gasteiger partial charge in [0.05, 0.1) is 0 Å². The molecule has 26 heavy (non-hydrogen) atoms. The van der Waals surface area contributed by atoms with Gasteiger partial charge in [-0.3, -0.25) is 9.59 Å². The molecule has 2 aliphatic rings. The van der Waals surface area contributed by atoms with Gasteiger partial charge in [-0.25, -0.2) is 0 Å². The highest BCUT2D eigenvalue weighted by atomic mass is 32.2. The van der Waals surface area contributed by atoms with E-state index in [0.29, 0.717) is 0 Å². The highest BCUT2D eigenvalue weighted by Crippen LogP contribution is 2.48. The molecule has 0 aromatic heterocycles. The molecule has 0 saturated carbocycles. The second-order valence-corrected chi connectivity index (χ2v) is 9.77. The van der Waals surface area contributed by atoms with Gasteiger partial charge in [0.1, 0.15) is 5.92 Å². The normalized spacial score (nSPS) is 23.3. The molecule has 1 atom stereocenters. The number of hydrogen-bond acceptors (Lipinski definition) is 3. The van der Waals surface area contributed by atoms with Crippen LogP contribution in [0.4, 0.5) is 0 Å². The van der Waals surface area contributed by atoms with E-state index in [0.717, 1.165) is 16.2 Å². The third-order valence-corrected chi connectivity index (χ3v) is 6.84. The second kappa shape index (κ2) is 6.41. The Hall–Kier alpha value is -1.81. The molecule has 0 spiro atoms. The summed E-state index contributed by atoms with van der Waals surface area (Å²) in [5.41, 5.74) is 4.31. The first-order valence-electron chi connectivity index (χ1n) is 9.01. The van der Waals surface area contributed by atoms with E-state index in [1.54, 1.807) is 17.8 Å². The Labute approximate surface area is 159 Å². The summed E-state index contributed by atoms with van der Waals surface area (Å²) >= 11 is 1.54. The van der Waals surface area contributed by atoms with Gasteiger partial charge in [0.15, 0.2) is 5.78 Å². The molecule has 0 saturated heterocycles. The third kappa shape index (κ3) is 3.39. The molecule has 0 heterocycles. The zero-order valence-electron chi connectivity index (χ0n) is 16.1. The van der Waals surface area contributed by atoms with Crippen molar-refractivity contribution >= 4 is 23.5 Å². The van der Waals surface area contributed by atoms with Crippen LogP contribution in [0.3, 0.4) is 0 Å². The molecule has 0 amide bonds. The molecule has 1 unspecified atom stereocenters. The van der Waals surface area contributed by atoms with E-state index in [1.165, 1.54) is 35.3 Å². The highest BCUT2D eigenvalue weighted by Gasteiger charge is 2.37. The standard InChI is InChI=1S/C22H26O3S/c1-13-10-16-17(22(4,5)9-8-21(16,2)3)12-19(13)26-14-6-7-15(20(24)25)18(23)11-14/h6-7,10-12,15H,8-9H2,1-5H3,(H,24,25). The number of fused-ring (bicyclic) bond motifs is 1. The predicted octanol–water partition coefficient (Wildman–Crippen LogP) is 5.16. The SMILES string of the molecule is Cc1cc2c(cc1SC1=CC(=O)C(C(=O)O)C=C1)C(C)(C)CCC2(C)C. The van der Waals surface area contributed by atoms with Gasteiger partial charge in [-0.2, -0.15) is 0 Å². The predicted molar refractivity (Wildman–Crippen MR) is 106 cm³/mol. The maximum absolute atomic E-state index is 12.0. The number of carbonyl (C=O) groups is 2. The minimum absolute atomic E-state index is 0.134. The maximum atomic E-state index is 12.0. The number of ketones is 1. The minimum atomic E-state index is -1.10. The van der Waals surface area contributed by atoms with Crippen LogP contribution < -0.4 is 0 Å². The summed E-state index contributed by atoms with van der Waals surface area (Å²) in [6, 6.07) is 4.58. The van der Waals surface area contributed by atoms with E-state index in [4.69, 9.17) is 5.11 Å². The van der Waals surface area contributed by atoms with E-state index in [1.807, 2.05) is 0 Å². The number of aryl methyl sites for hydroxylation is 1. The smallest absolute Gasteiger partial charge is 0.318 e. The lowest BCUT2D eigenvalue weighted by molar-refractivity contribution is -0.143. The number of thioether (sulfide) groups is 1. The van der Waals surface area contributed by atoms with E-state index in [9.17, 15) is 9.59 Å². The number of carboxylic acid groups (broad SMARTS) is 1. The molecule has 0 fully saturated rings. The van der Waals surface area contributed by atoms with Gasteiger partial charge in [-0.05, 0) is 59.4 Å². The lowest BCUT2D eigenvalue weighted by Gasteiger charge is -2.42. The summed E-state index contributed by atoms with van der Waals surface area (Å²) in [5.74, 6) is -2.51. The van der Waals surface area contributed by atoms with Crippen molar-refractivity contribution in [2.75, 3.05) is 0 Å². The Kier molecular flexibility index (Phi) is 4.68. The monoisotopic (exact) mass is 370 g/mol. The molecule has 0 bridgehead atoms. The lowest BCUT2D eigenvalue weighted by Crippen LogP contribution is -2.34. The number of rotatable bonds is 3. The molecule has 2 aliphatic carbocycles. The van der Waals surface area contributed by atoms with Gasteiger partial charge in [-0.1, -0.05) is 57.7 Å². The van der Waals surface area contributed by atoms with Gasteiger partial charge in [0.25, 0.3) is 0 Å². The zero-order valence-corrected chi connectivity index (χ0v) is 16.9. The van der Waals surface area contributed by atoms with E-state index in [2.05, 4.69) is 46.8 Å². The van der Waals surface area contributed by atoms with Crippen molar-refractivity contribution in [2.45, 2.75) is 63.2 Å². The van der Waals surface area contributed by atoms with Crippen molar-refractivity contribution in [3.05, 3.63) is 52.0 Å². The highest BCUT2D eigenvalue weighted by molar-refractivity contribution is 8.03. The van der Waals surface area contributed by atoms with Crippen LogP contribution in [0.1, 0.15) is 57.2 Å². The van der Waals surface area contributed by atoms with Crippen LogP contribution in [0, 0.1) is 12.8 Å². The Balaban J connectivity index is 1.96. The zero-order chi connectivity index (χ0) is 19.3. The van der Waals surface area contributed by atoms with Crippen LogP contribution in [0.2, 0.25) is 0 Å². The van der Waals surface area contributed by atoms with Crippen molar-refractivity contribution in [2.24, 2.45) is 5.92 Å². The Morgan fingerprint density at radius 3 is 2.23 bits per heavy atom. The van der Waals surface area contributed by atoms with Crippen LogP contribution in [-0.4, -0.2) is 16.9 Å². The molecule has 0 radical (unpaired) electrons. The summed E-state index contributed by atoms with van der Waals surface area (Å²) < 4.78 is 0. The fourth-order valence-electron chi connectivity index (χ4n) is 3.77. The average molecular weight is 371 g/mol. The van der Waals surface area contributed by atoms with E-state index < -0.39 is 11.9 Å². The molecule has 138 valence electrons. The van der Waals surface area contributed by atoms with Crippen LogP contribution in [-0.2, 0) is 20.4 Å². The molecule has 1 N–H and O–H groups in total. The largest absolute Gasteiger partial charge is 0.480 e. The third-order valence-electron chi connectivity index (χ3n) is 5.69. The number of carbonyl (C=O) groups excluding carboxylic acids is 1. The van der Waals surface area contributed by atoms with Gasteiger partial charge in [0.2, 0.25) is 0 Å². The summed E-state index contributed by atoms with van der Waals surface area (Å²) in [4.78, 5) is 25.0. The van der Waals surface area contributed by atoms with Crippen molar-refractivity contribution in [1.82, 2.24) is 0 Å². The maximum Gasteiger partial charge on any atom is 0.318 e. The van der Waals surface area contributed by atoms with Gasteiger partial charge in [0, 0.05) is 9.80 Å². The topological polar surface area (TPSA) is 54.4 Å². The van der Waals surface area contributed by atoms with Gasteiger partial charge < -0.3 is 5.11 Å². The quantitative estimate of drug-likeness (QED) is 0.747. The Morgan fingerprint density at radius 1 is 1.12 bits per heavy atom. The fourth-order valence-corrected chi connectivity index (χ4v) is 4.74. The van der Waals surface area contributed by atoms with Gasteiger partial charge >= 0.3 is 5.97 Å². The number of hydrogen-bond donors (Lipinski definition) is 1. The van der Waals surface area contributed by atoms with Crippen LogP contribution in [0.25, 0.3) is 0 Å². The molecule has 0 aliphatic heterocycles. The summed E-state index contributed by atoms with van der Waals surface area (Å²) in [6.07, 6.45) is 7.02. The summed E-state index contributed by atoms with van der Waals surface area (Å²) in [5, 5.41) is 9.06. The first kappa shape index (κ1) is 19.0. The molecule has 3 rings (SSSR count). The minimum Gasteiger partial charge on any atom is -0.480 e. The Bertz CT molecular complexity index is 843. The van der Waals surface area contributed by atoms with Crippen molar-refractivity contribution in [3.8, 4) is 0 Å². The van der Waals surface area contributed by atoms with Crippen molar-refractivity contribution in [1.29, 1.82) is 0 Å². The molecule has 3 nitrogen and oxygen atoms in total. The fraction of sp³-hybridized carbons (Fsp3) is 0.455. The van der Waals surface area contributed by atoms with Crippen LogP contribution >= 0.6 is 11.8 Å². The summed E-state index contributed by atoms with van der Waals surface area (Å²) in [6.45, 7) is 11.3. The molecular formula is C22H26O3S. The molecular weight excluding hydrogens is 344 g/mol. The number of benzene rings is 1. The van der Waals surface area contributed by atoms with Gasteiger partial charge in [-0.15, -0.1) is 0 Å². The van der Waals surface area contributed by atoms with Crippen LogP contribution in [0.5, 0.6) is 0 Å². The van der Waals surface area contributed by atoms with Crippen molar-refractivity contribution in [3.63, 3.8) is 0 Å². The first-order chi connectivity index (χ1) is 12.0. The summed E-state index contributed by atoms with van der Waals surface area (Å²) in [7, 11) is 0. The molecule has 1 aromatic carbocycles. The Morgan fingerprint density at radius 2 is 1.69 bits per heavy atom. The number of aliphatic carboxylic acids is 1. The molecule has 4 heteroatoms. The lowest BCUT2D eigenvalue weighted by atomic mass is 9.63. The van der Waals surface area contributed by atoms with E-state index >= 15 is 0 Å². The average Bonchev–Trinajstić information content (AvgIpc) is 2.53. The second-order valence-electron chi connectivity index (χ2n) is 8.66. The van der Waals surface area contributed by atoms with E-state index in [-0.39, 0.29) is 16.6 Å². The van der Waals surface area contributed by atoms with Crippen LogP contribution in [0.15, 0.2) is 40.2 Å². The number of allylic oxidation sites excluding steroid dienone is 2. The van der Waals surface area contributed by atoms with Crippen molar-refractivity contribution < 1.29 is 14.7 Å².